The van der Waals surface area contributed by atoms with Gasteiger partial charge in [-0.05, 0) is 43.5 Å². The van der Waals surface area contributed by atoms with Crippen LogP contribution >= 0.6 is 0 Å². The summed E-state index contributed by atoms with van der Waals surface area (Å²) in [5.41, 5.74) is 1.19. The summed E-state index contributed by atoms with van der Waals surface area (Å²) in [6, 6.07) is 8.69. The second kappa shape index (κ2) is 9.26. The van der Waals surface area contributed by atoms with Crippen LogP contribution in [-0.2, 0) is 0 Å². The van der Waals surface area contributed by atoms with E-state index in [1.165, 1.54) is 24.9 Å². The summed E-state index contributed by atoms with van der Waals surface area (Å²) in [5.74, 6) is 1.30. The van der Waals surface area contributed by atoms with Gasteiger partial charge in [-0.3, -0.25) is 4.90 Å². The van der Waals surface area contributed by atoms with Crippen molar-refractivity contribution in [3.63, 3.8) is 0 Å². The highest BCUT2D eigenvalue weighted by Gasteiger charge is 2.22. The molecule has 0 amide bonds. The molecule has 1 aliphatic heterocycles. The van der Waals surface area contributed by atoms with Crippen molar-refractivity contribution in [3.05, 3.63) is 29.8 Å². The van der Waals surface area contributed by atoms with Gasteiger partial charge in [0.1, 0.15) is 18.5 Å². The maximum absolute atomic E-state index is 10.1. The van der Waals surface area contributed by atoms with Gasteiger partial charge in [-0.25, -0.2) is 0 Å². The van der Waals surface area contributed by atoms with Crippen molar-refractivity contribution in [2.24, 2.45) is 0 Å². The lowest BCUT2D eigenvalue weighted by atomic mass is 10.0. The van der Waals surface area contributed by atoms with E-state index in [0.29, 0.717) is 25.1 Å². The van der Waals surface area contributed by atoms with Crippen LogP contribution in [0.15, 0.2) is 24.3 Å². The van der Waals surface area contributed by atoms with Gasteiger partial charge in [0.2, 0.25) is 0 Å². The number of likely N-dealkylation sites (N-methyl/N-ethyl adjacent to an activating group) is 1. The molecule has 2 rings (SSSR count). The molecule has 2 N–H and O–H groups in total. The molecule has 0 saturated carbocycles. The van der Waals surface area contributed by atoms with Crippen LogP contribution in [-0.4, -0.2) is 54.9 Å². The molecule has 4 nitrogen and oxygen atoms in total. The first kappa shape index (κ1) is 18.2. The smallest absolute Gasteiger partial charge is 0.122 e. The summed E-state index contributed by atoms with van der Waals surface area (Å²) in [6.07, 6.45) is 2.07. The lowest BCUT2D eigenvalue weighted by Gasteiger charge is -2.23. The third-order valence-corrected chi connectivity index (χ3v) is 4.64. The molecule has 1 saturated heterocycles. The van der Waals surface area contributed by atoms with E-state index >= 15 is 0 Å². The molecule has 23 heavy (non-hydrogen) atoms. The number of hydrogen-bond donors (Lipinski definition) is 2. The van der Waals surface area contributed by atoms with Crippen LogP contribution in [0.5, 0.6) is 5.75 Å². The van der Waals surface area contributed by atoms with Gasteiger partial charge in [-0.2, -0.15) is 0 Å². The van der Waals surface area contributed by atoms with E-state index in [1.54, 1.807) is 0 Å². The molecule has 1 fully saturated rings. The average Bonchev–Trinajstić information content (AvgIpc) is 3.00. The molecule has 130 valence electrons. The lowest BCUT2D eigenvalue weighted by Crippen LogP contribution is -2.41. The molecule has 2 atom stereocenters. The van der Waals surface area contributed by atoms with E-state index in [-0.39, 0.29) is 0 Å². The van der Waals surface area contributed by atoms with E-state index in [2.05, 4.69) is 37.1 Å². The minimum absolute atomic E-state index is 0.332. The summed E-state index contributed by atoms with van der Waals surface area (Å²) in [5, 5.41) is 13.5. The number of nitrogens with one attached hydrogen (secondary N) is 1. The summed E-state index contributed by atoms with van der Waals surface area (Å²) in [4.78, 5) is 2.51. The third-order valence-electron chi connectivity index (χ3n) is 4.64. The first-order valence-electron chi connectivity index (χ1n) is 8.96. The highest BCUT2D eigenvalue weighted by Crippen LogP contribution is 2.25. The van der Waals surface area contributed by atoms with Gasteiger partial charge in [-0.1, -0.05) is 39.0 Å². The number of rotatable bonds is 9. The van der Waals surface area contributed by atoms with Gasteiger partial charge in [0.25, 0.3) is 0 Å². The molecule has 0 spiro atoms. The maximum atomic E-state index is 10.1. The van der Waals surface area contributed by atoms with Crippen molar-refractivity contribution in [2.75, 3.05) is 32.8 Å². The molecule has 1 aliphatic rings. The second-order valence-electron chi connectivity index (χ2n) is 6.74. The van der Waals surface area contributed by atoms with Crippen LogP contribution in [0.1, 0.15) is 45.1 Å². The van der Waals surface area contributed by atoms with Gasteiger partial charge in [0.15, 0.2) is 0 Å². The highest BCUT2D eigenvalue weighted by molar-refractivity contribution is 5.35. The Kier molecular flexibility index (Phi) is 7.34. The van der Waals surface area contributed by atoms with Gasteiger partial charge < -0.3 is 15.2 Å². The quantitative estimate of drug-likeness (QED) is 0.734. The number of aliphatic hydroxyl groups is 1. The number of para-hydroxylation sites is 1. The summed E-state index contributed by atoms with van der Waals surface area (Å²) in [7, 11) is 0. The summed E-state index contributed by atoms with van der Waals surface area (Å²) < 4.78 is 5.82. The van der Waals surface area contributed by atoms with Gasteiger partial charge in [-0.15, -0.1) is 0 Å². The van der Waals surface area contributed by atoms with Crippen LogP contribution in [0, 0.1) is 0 Å². The number of hydrogen-bond acceptors (Lipinski definition) is 4. The standard InChI is InChI=1S/C19H32N2O2/c1-4-21-11-7-8-16(21)12-20-13-17(22)14-23-19-10-6-5-9-18(19)15(2)3/h5-6,9-10,15-17,20,22H,4,7-8,11-14H2,1-3H3/t16-,17+/m1/s1. The van der Waals surface area contributed by atoms with Crippen LogP contribution in [0.2, 0.25) is 0 Å². The first-order chi connectivity index (χ1) is 11.1. The lowest BCUT2D eigenvalue weighted by molar-refractivity contribution is 0.104. The van der Waals surface area contributed by atoms with Crippen LogP contribution < -0.4 is 10.1 Å². The van der Waals surface area contributed by atoms with E-state index in [1.807, 2.05) is 18.2 Å². The number of likely N-dealkylation sites (tertiary alicyclic amines) is 1. The fourth-order valence-corrected chi connectivity index (χ4v) is 3.29. The summed E-state index contributed by atoms with van der Waals surface area (Å²) >= 11 is 0. The minimum Gasteiger partial charge on any atom is -0.491 e. The zero-order valence-electron chi connectivity index (χ0n) is 14.8. The predicted molar refractivity (Wildman–Crippen MR) is 95.2 cm³/mol. The molecule has 1 aromatic carbocycles. The van der Waals surface area contributed by atoms with E-state index in [9.17, 15) is 5.11 Å². The number of nitrogens with zero attached hydrogens (tertiary/aromatic N) is 1. The molecule has 1 aromatic rings. The Hall–Kier alpha value is -1.10. The van der Waals surface area contributed by atoms with E-state index in [0.717, 1.165) is 18.8 Å². The van der Waals surface area contributed by atoms with Crippen molar-refractivity contribution in [1.82, 2.24) is 10.2 Å². The monoisotopic (exact) mass is 320 g/mol. The largest absolute Gasteiger partial charge is 0.491 e. The van der Waals surface area contributed by atoms with Crippen molar-refractivity contribution in [2.45, 2.75) is 51.7 Å². The van der Waals surface area contributed by atoms with Crippen LogP contribution in [0.25, 0.3) is 0 Å². The van der Waals surface area contributed by atoms with Crippen LogP contribution in [0.4, 0.5) is 0 Å². The number of ether oxygens (including phenoxy) is 1. The Morgan fingerprint density at radius 1 is 1.35 bits per heavy atom. The number of aliphatic hydroxyl groups excluding tert-OH is 1. The topological polar surface area (TPSA) is 44.7 Å². The second-order valence-corrected chi connectivity index (χ2v) is 6.74. The Morgan fingerprint density at radius 3 is 2.87 bits per heavy atom. The van der Waals surface area contributed by atoms with E-state index < -0.39 is 6.10 Å². The average molecular weight is 320 g/mol. The Morgan fingerprint density at radius 2 is 2.13 bits per heavy atom. The van der Waals surface area contributed by atoms with Crippen molar-refractivity contribution in [1.29, 1.82) is 0 Å². The Labute approximate surface area is 140 Å². The summed E-state index contributed by atoms with van der Waals surface area (Å²) in [6.45, 7) is 10.7. The van der Waals surface area contributed by atoms with Crippen molar-refractivity contribution < 1.29 is 9.84 Å². The molecule has 0 unspecified atom stereocenters. The molecular weight excluding hydrogens is 288 g/mol. The number of benzene rings is 1. The molecule has 4 heteroatoms. The zero-order valence-corrected chi connectivity index (χ0v) is 14.8. The SMILES string of the molecule is CCN1CCC[C@@H]1CNC[C@H](O)COc1ccccc1C(C)C. The Bertz CT molecular complexity index is 464. The third kappa shape index (κ3) is 5.48. The highest BCUT2D eigenvalue weighted by atomic mass is 16.5. The van der Waals surface area contributed by atoms with Gasteiger partial charge >= 0.3 is 0 Å². The Balaban J connectivity index is 1.70. The molecule has 1 heterocycles. The fourth-order valence-electron chi connectivity index (χ4n) is 3.29. The maximum Gasteiger partial charge on any atom is 0.122 e. The molecular formula is C19H32N2O2. The minimum atomic E-state index is -0.480. The molecule has 0 bridgehead atoms. The van der Waals surface area contributed by atoms with Gasteiger partial charge in [0.05, 0.1) is 0 Å². The van der Waals surface area contributed by atoms with Crippen LogP contribution in [0.3, 0.4) is 0 Å². The van der Waals surface area contributed by atoms with Crippen molar-refractivity contribution >= 4 is 0 Å². The first-order valence-corrected chi connectivity index (χ1v) is 8.96. The van der Waals surface area contributed by atoms with Crippen molar-refractivity contribution in [3.8, 4) is 5.75 Å². The normalized spacial score (nSPS) is 20.1. The molecule has 0 aliphatic carbocycles. The van der Waals surface area contributed by atoms with Gasteiger partial charge in [0, 0.05) is 19.1 Å². The fraction of sp³-hybridized carbons (Fsp3) is 0.684. The molecule has 0 radical (unpaired) electrons. The molecule has 0 aromatic heterocycles. The van der Waals surface area contributed by atoms with E-state index in [4.69, 9.17) is 4.74 Å². The predicted octanol–water partition coefficient (Wildman–Crippen LogP) is 2.62. The zero-order chi connectivity index (χ0) is 16.7.